The van der Waals surface area contributed by atoms with Gasteiger partial charge in [-0.1, -0.05) is 6.08 Å². The zero-order valence-electron chi connectivity index (χ0n) is 7.86. The number of ketones is 1. The monoisotopic (exact) mass is 178 g/mol. The van der Waals surface area contributed by atoms with Gasteiger partial charge in [0.15, 0.2) is 0 Å². The molecule has 0 aliphatic carbocycles. The first-order valence-electron chi connectivity index (χ1n) is 4.40. The fourth-order valence-corrected chi connectivity index (χ4v) is 1.13. The molecule has 3 heteroatoms. The zero-order valence-corrected chi connectivity index (χ0v) is 7.86. The maximum absolute atomic E-state index is 11.2. The highest BCUT2D eigenvalue weighted by molar-refractivity contribution is 5.81. The Hall–Kier alpha value is -1.38. The molecular weight excluding hydrogens is 164 g/mol. The van der Waals surface area contributed by atoms with Crippen molar-refractivity contribution in [2.75, 3.05) is 0 Å². The Kier molecular flexibility index (Phi) is 3.43. The van der Waals surface area contributed by atoms with Crippen LogP contribution < -0.4 is 0 Å². The van der Waals surface area contributed by atoms with E-state index in [1.54, 1.807) is 12.3 Å². The summed E-state index contributed by atoms with van der Waals surface area (Å²) in [6, 6.07) is 0. The molecule has 1 heterocycles. The van der Waals surface area contributed by atoms with Crippen LogP contribution in [0.15, 0.2) is 25.0 Å². The van der Waals surface area contributed by atoms with Crippen LogP contribution in [0.4, 0.5) is 0 Å². The van der Waals surface area contributed by atoms with E-state index >= 15 is 0 Å². The van der Waals surface area contributed by atoms with E-state index in [-0.39, 0.29) is 5.78 Å². The Balaban J connectivity index is 2.53. The molecule has 1 rings (SSSR count). The van der Waals surface area contributed by atoms with E-state index in [0.29, 0.717) is 12.8 Å². The standard InChI is InChI=1S/C10H14N2O/c1-3-5-10(13)6-9-7-11-12(4-2)8-9/h3,7-8H,1,4-6H2,2H3. The molecule has 0 aliphatic rings. The first-order valence-corrected chi connectivity index (χ1v) is 4.40. The second-order valence-electron chi connectivity index (χ2n) is 2.91. The number of Topliss-reactive ketones (excluding diaryl/α,β-unsaturated/α-hetero) is 1. The second-order valence-corrected chi connectivity index (χ2v) is 2.91. The van der Waals surface area contributed by atoms with Crippen LogP contribution in [-0.2, 0) is 17.8 Å². The van der Waals surface area contributed by atoms with Gasteiger partial charge in [0, 0.05) is 25.6 Å². The average Bonchev–Trinajstić information content (AvgIpc) is 2.52. The summed E-state index contributed by atoms with van der Waals surface area (Å²) in [5, 5.41) is 4.09. The lowest BCUT2D eigenvalue weighted by atomic mass is 10.1. The summed E-state index contributed by atoms with van der Waals surface area (Å²) in [6.45, 7) is 6.38. The van der Waals surface area contributed by atoms with Crippen LogP contribution in [0.2, 0.25) is 0 Å². The van der Waals surface area contributed by atoms with Gasteiger partial charge in [0.1, 0.15) is 5.78 Å². The molecule has 1 aromatic rings. The molecule has 13 heavy (non-hydrogen) atoms. The Labute approximate surface area is 78.1 Å². The molecule has 0 radical (unpaired) electrons. The first kappa shape index (κ1) is 9.71. The van der Waals surface area contributed by atoms with Gasteiger partial charge in [-0.3, -0.25) is 9.48 Å². The number of hydrogen-bond acceptors (Lipinski definition) is 2. The smallest absolute Gasteiger partial charge is 0.141 e. The molecule has 0 fully saturated rings. The zero-order chi connectivity index (χ0) is 9.68. The largest absolute Gasteiger partial charge is 0.299 e. The minimum absolute atomic E-state index is 0.186. The van der Waals surface area contributed by atoms with Crippen molar-refractivity contribution in [1.29, 1.82) is 0 Å². The van der Waals surface area contributed by atoms with Crippen LogP contribution in [-0.4, -0.2) is 15.6 Å². The van der Waals surface area contributed by atoms with Crippen molar-refractivity contribution in [3.8, 4) is 0 Å². The summed E-state index contributed by atoms with van der Waals surface area (Å²) in [7, 11) is 0. The number of rotatable bonds is 5. The molecule has 0 saturated heterocycles. The van der Waals surface area contributed by atoms with Gasteiger partial charge in [-0.25, -0.2) is 0 Å². The molecule has 70 valence electrons. The molecule has 0 spiro atoms. The highest BCUT2D eigenvalue weighted by atomic mass is 16.1. The van der Waals surface area contributed by atoms with Crippen molar-refractivity contribution in [3.05, 3.63) is 30.6 Å². The van der Waals surface area contributed by atoms with Gasteiger partial charge in [0.2, 0.25) is 0 Å². The summed E-state index contributed by atoms with van der Waals surface area (Å²) < 4.78 is 1.82. The SMILES string of the molecule is C=CCC(=O)Cc1cnn(CC)c1. The van der Waals surface area contributed by atoms with Gasteiger partial charge in [0.25, 0.3) is 0 Å². The number of nitrogens with zero attached hydrogens (tertiary/aromatic N) is 2. The normalized spacial score (nSPS) is 9.92. The van der Waals surface area contributed by atoms with E-state index < -0.39 is 0 Å². The van der Waals surface area contributed by atoms with Crippen LogP contribution in [0.25, 0.3) is 0 Å². The van der Waals surface area contributed by atoms with Crippen LogP contribution in [0.1, 0.15) is 18.9 Å². The van der Waals surface area contributed by atoms with Gasteiger partial charge in [-0.15, -0.1) is 6.58 Å². The summed E-state index contributed by atoms with van der Waals surface area (Å²) in [5.74, 6) is 0.186. The van der Waals surface area contributed by atoms with Gasteiger partial charge < -0.3 is 0 Å². The summed E-state index contributed by atoms with van der Waals surface area (Å²) in [5.41, 5.74) is 0.980. The van der Waals surface area contributed by atoms with Crippen molar-refractivity contribution < 1.29 is 4.79 Å². The van der Waals surface area contributed by atoms with Gasteiger partial charge >= 0.3 is 0 Å². The van der Waals surface area contributed by atoms with Crippen molar-refractivity contribution in [2.24, 2.45) is 0 Å². The van der Waals surface area contributed by atoms with Gasteiger partial charge in [0.05, 0.1) is 6.20 Å². The van der Waals surface area contributed by atoms with Gasteiger partial charge in [-0.05, 0) is 12.5 Å². The maximum atomic E-state index is 11.2. The fourth-order valence-electron chi connectivity index (χ4n) is 1.13. The van der Waals surface area contributed by atoms with Crippen LogP contribution >= 0.6 is 0 Å². The third-order valence-corrected chi connectivity index (χ3v) is 1.78. The van der Waals surface area contributed by atoms with E-state index in [2.05, 4.69) is 11.7 Å². The van der Waals surface area contributed by atoms with Crippen molar-refractivity contribution in [1.82, 2.24) is 9.78 Å². The van der Waals surface area contributed by atoms with Crippen molar-refractivity contribution in [2.45, 2.75) is 26.3 Å². The molecule has 1 aromatic heterocycles. The fraction of sp³-hybridized carbons (Fsp3) is 0.400. The summed E-state index contributed by atoms with van der Waals surface area (Å²) in [6.07, 6.45) is 6.18. The third kappa shape index (κ3) is 2.86. The molecule has 0 bridgehead atoms. The van der Waals surface area contributed by atoms with Crippen LogP contribution in [0.5, 0.6) is 0 Å². The quantitative estimate of drug-likeness (QED) is 0.642. The first-order chi connectivity index (χ1) is 6.26. The predicted molar refractivity (Wildman–Crippen MR) is 51.4 cm³/mol. The Morgan fingerprint density at radius 2 is 2.54 bits per heavy atom. The topological polar surface area (TPSA) is 34.9 Å². The lowest BCUT2D eigenvalue weighted by Crippen LogP contribution is -1.99. The van der Waals surface area contributed by atoms with E-state index in [9.17, 15) is 4.79 Å². The molecule has 0 atom stereocenters. The molecule has 0 N–H and O–H groups in total. The number of aryl methyl sites for hydroxylation is 1. The maximum Gasteiger partial charge on any atom is 0.141 e. The molecule has 0 unspecified atom stereocenters. The van der Waals surface area contributed by atoms with Crippen LogP contribution in [0, 0.1) is 0 Å². The van der Waals surface area contributed by atoms with Crippen molar-refractivity contribution in [3.63, 3.8) is 0 Å². The Morgan fingerprint density at radius 1 is 1.77 bits per heavy atom. The Morgan fingerprint density at radius 3 is 3.08 bits per heavy atom. The minimum atomic E-state index is 0.186. The molecule has 3 nitrogen and oxygen atoms in total. The number of allylic oxidation sites excluding steroid dienone is 1. The number of aromatic nitrogens is 2. The molecule has 0 aliphatic heterocycles. The number of hydrogen-bond donors (Lipinski definition) is 0. The second kappa shape index (κ2) is 4.60. The van der Waals surface area contributed by atoms with Crippen molar-refractivity contribution >= 4 is 5.78 Å². The average molecular weight is 178 g/mol. The molecular formula is C10H14N2O. The van der Waals surface area contributed by atoms with E-state index in [1.165, 1.54) is 0 Å². The molecule has 0 saturated carbocycles. The molecule has 0 aromatic carbocycles. The lowest BCUT2D eigenvalue weighted by Gasteiger charge is -1.93. The van der Waals surface area contributed by atoms with Crippen LogP contribution in [0.3, 0.4) is 0 Å². The predicted octanol–water partition coefficient (Wildman–Crippen LogP) is 1.59. The van der Waals surface area contributed by atoms with Gasteiger partial charge in [-0.2, -0.15) is 5.10 Å². The van der Waals surface area contributed by atoms with E-state index in [1.807, 2.05) is 17.8 Å². The lowest BCUT2D eigenvalue weighted by molar-refractivity contribution is -0.117. The highest BCUT2D eigenvalue weighted by Crippen LogP contribution is 2.01. The Bertz CT molecular complexity index is 302. The highest BCUT2D eigenvalue weighted by Gasteiger charge is 2.03. The van der Waals surface area contributed by atoms with E-state index in [4.69, 9.17) is 0 Å². The van der Waals surface area contributed by atoms with E-state index in [0.717, 1.165) is 12.1 Å². The summed E-state index contributed by atoms with van der Waals surface area (Å²) >= 11 is 0. The number of carbonyl (C=O) groups is 1. The summed E-state index contributed by atoms with van der Waals surface area (Å²) in [4.78, 5) is 11.2. The third-order valence-electron chi connectivity index (χ3n) is 1.78. The minimum Gasteiger partial charge on any atom is -0.299 e. The molecule has 0 amide bonds. The number of carbonyl (C=O) groups excluding carboxylic acids is 1.